The number of aliphatic hydroxyl groups excluding tert-OH is 1. The van der Waals surface area contributed by atoms with Gasteiger partial charge in [0.15, 0.2) is 0 Å². The van der Waals surface area contributed by atoms with Crippen molar-refractivity contribution in [3.63, 3.8) is 0 Å². The smallest absolute Gasteiger partial charge is 0.264 e. The molecule has 0 amide bonds. The number of benzene rings is 2. The number of hydrogen-bond donors (Lipinski definition) is 1. The van der Waals surface area contributed by atoms with Crippen LogP contribution in [0.15, 0.2) is 47.4 Å². The van der Waals surface area contributed by atoms with E-state index in [1.54, 1.807) is 12.1 Å². The maximum Gasteiger partial charge on any atom is 0.264 e. The summed E-state index contributed by atoms with van der Waals surface area (Å²) in [5.41, 5.74) is 3.45. The van der Waals surface area contributed by atoms with Gasteiger partial charge < -0.3 is 10.0 Å². The molecule has 1 heterocycles. The Morgan fingerprint density at radius 2 is 1.78 bits per heavy atom. The maximum atomic E-state index is 13.9. The fourth-order valence-corrected chi connectivity index (χ4v) is 7.14. The topological polar surface area (TPSA) is 84.6 Å². The number of anilines is 2. The highest BCUT2D eigenvalue weighted by molar-refractivity contribution is 7.92. The summed E-state index contributed by atoms with van der Waals surface area (Å²) < 4.78 is 29.3. The standard InChI is InChI=1S/C29H39N3O3S/c1-4-22-9-11-25(12-10-22)32(19-21(2)3)36(34,35)26-13-14-28-27(17-26)29(33)15-16-31(28)20-24-7-5-23(18-30)6-8-24/h9-14,17,21,23-24,29,33H,4-8,15-16,19-20H2,1-3H3. The average molecular weight is 510 g/mol. The zero-order valence-corrected chi connectivity index (χ0v) is 22.5. The fraction of sp³-hybridized carbons (Fsp3) is 0.552. The van der Waals surface area contributed by atoms with Gasteiger partial charge in [-0.15, -0.1) is 0 Å². The quantitative estimate of drug-likeness (QED) is 0.495. The molecule has 1 aliphatic carbocycles. The predicted molar refractivity (Wildman–Crippen MR) is 144 cm³/mol. The van der Waals surface area contributed by atoms with Gasteiger partial charge >= 0.3 is 0 Å². The Bertz CT molecular complexity index is 1180. The molecule has 1 atom stereocenters. The second kappa shape index (κ2) is 11.2. The Balaban J connectivity index is 1.61. The van der Waals surface area contributed by atoms with Gasteiger partial charge in [-0.1, -0.05) is 32.9 Å². The SMILES string of the molecule is CCc1ccc(N(CC(C)C)S(=O)(=O)c2ccc3c(c2)C(O)CCN3CC2CCC(C#N)CC2)cc1. The number of aliphatic hydroxyl groups is 1. The first-order valence-corrected chi connectivity index (χ1v) is 14.7. The molecule has 1 saturated carbocycles. The summed E-state index contributed by atoms with van der Waals surface area (Å²) >= 11 is 0. The summed E-state index contributed by atoms with van der Waals surface area (Å²) in [6.07, 6.45) is 4.79. The first kappa shape index (κ1) is 26.5. The van der Waals surface area contributed by atoms with E-state index in [0.29, 0.717) is 30.1 Å². The Morgan fingerprint density at radius 3 is 2.39 bits per heavy atom. The number of rotatable bonds is 8. The Hall–Kier alpha value is -2.56. The molecule has 4 rings (SSSR count). The van der Waals surface area contributed by atoms with Crippen molar-refractivity contribution in [2.75, 3.05) is 28.8 Å². The van der Waals surface area contributed by atoms with E-state index in [9.17, 15) is 18.8 Å². The zero-order chi connectivity index (χ0) is 25.9. The first-order valence-electron chi connectivity index (χ1n) is 13.3. The lowest BCUT2D eigenvalue weighted by Gasteiger charge is -2.38. The van der Waals surface area contributed by atoms with Crippen LogP contribution < -0.4 is 9.21 Å². The number of nitriles is 1. The molecule has 194 valence electrons. The van der Waals surface area contributed by atoms with Crippen molar-refractivity contribution < 1.29 is 13.5 Å². The Kier molecular flexibility index (Phi) is 8.27. The largest absolute Gasteiger partial charge is 0.388 e. The van der Waals surface area contributed by atoms with Crippen LogP contribution in [0.4, 0.5) is 11.4 Å². The van der Waals surface area contributed by atoms with Crippen LogP contribution in [-0.2, 0) is 16.4 Å². The minimum absolute atomic E-state index is 0.153. The fourth-order valence-electron chi connectivity index (χ4n) is 5.48. The third kappa shape index (κ3) is 5.71. The van der Waals surface area contributed by atoms with Crippen molar-refractivity contribution >= 4 is 21.4 Å². The predicted octanol–water partition coefficient (Wildman–Crippen LogP) is 5.67. The number of aryl methyl sites for hydroxylation is 1. The van der Waals surface area contributed by atoms with Crippen molar-refractivity contribution in [2.24, 2.45) is 17.8 Å². The monoisotopic (exact) mass is 509 g/mol. The van der Waals surface area contributed by atoms with Crippen molar-refractivity contribution in [1.29, 1.82) is 5.26 Å². The molecule has 1 unspecified atom stereocenters. The van der Waals surface area contributed by atoms with Gasteiger partial charge in [0.05, 0.1) is 22.8 Å². The molecule has 2 aromatic rings. The summed E-state index contributed by atoms with van der Waals surface area (Å²) in [5.74, 6) is 0.852. The molecule has 2 aliphatic rings. The van der Waals surface area contributed by atoms with Crippen LogP contribution in [0.5, 0.6) is 0 Å². The molecule has 0 saturated heterocycles. The molecule has 0 bridgehead atoms. The van der Waals surface area contributed by atoms with Crippen molar-refractivity contribution in [3.8, 4) is 6.07 Å². The van der Waals surface area contributed by atoms with Gasteiger partial charge in [-0.2, -0.15) is 5.26 Å². The number of fused-ring (bicyclic) bond motifs is 1. The zero-order valence-electron chi connectivity index (χ0n) is 21.7. The van der Waals surface area contributed by atoms with Gasteiger partial charge in [0.1, 0.15) is 0 Å². The number of hydrogen-bond acceptors (Lipinski definition) is 5. The van der Waals surface area contributed by atoms with E-state index >= 15 is 0 Å². The summed E-state index contributed by atoms with van der Waals surface area (Å²) in [7, 11) is -3.81. The van der Waals surface area contributed by atoms with Crippen LogP contribution >= 0.6 is 0 Å². The van der Waals surface area contributed by atoms with E-state index in [0.717, 1.165) is 50.9 Å². The normalized spacial score (nSPS) is 22.2. The van der Waals surface area contributed by atoms with Crippen molar-refractivity contribution in [3.05, 3.63) is 53.6 Å². The van der Waals surface area contributed by atoms with Crippen LogP contribution in [-0.4, -0.2) is 33.2 Å². The molecule has 0 radical (unpaired) electrons. The molecule has 7 heteroatoms. The molecular weight excluding hydrogens is 470 g/mol. The van der Waals surface area contributed by atoms with Gasteiger partial charge in [0, 0.05) is 36.8 Å². The van der Waals surface area contributed by atoms with Gasteiger partial charge in [-0.3, -0.25) is 4.31 Å². The Morgan fingerprint density at radius 1 is 1.08 bits per heavy atom. The highest BCUT2D eigenvalue weighted by Crippen LogP contribution is 2.38. The van der Waals surface area contributed by atoms with Crippen LogP contribution in [0.25, 0.3) is 0 Å². The summed E-state index contributed by atoms with van der Waals surface area (Å²) in [6, 6.07) is 15.4. The minimum Gasteiger partial charge on any atom is -0.388 e. The van der Waals surface area contributed by atoms with Crippen LogP contribution in [0.2, 0.25) is 0 Å². The molecular formula is C29H39N3O3S. The summed E-state index contributed by atoms with van der Waals surface area (Å²) in [4.78, 5) is 2.52. The van der Waals surface area contributed by atoms with Gasteiger partial charge in [0.25, 0.3) is 10.0 Å². The van der Waals surface area contributed by atoms with E-state index in [2.05, 4.69) is 17.9 Å². The highest BCUT2D eigenvalue weighted by Gasteiger charge is 2.31. The first-order chi connectivity index (χ1) is 17.2. The average Bonchev–Trinajstić information content (AvgIpc) is 2.89. The van der Waals surface area contributed by atoms with E-state index in [4.69, 9.17) is 0 Å². The lowest BCUT2D eigenvalue weighted by Crippen LogP contribution is -2.37. The van der Waals surface area contributed by atoms with Gasteiger partial charge in [0.2, 0.25) is 0 Å². The molecule has 36 heavy (non-hydrogen) atoms. The molecule has 0 aromatic heterocycles. The summed E-state index contributed by atoms with van der Waals surface area (Å²) in [6.45, 7) is 8.12. The van der Waals surface area contributed by atoms with E-state index in [1.165, 1.54) is 9.87 Å². The minimum atomic E-state index is -3.81. The van der Waals surface area contributed by atoms with Crippen LogP contribution in [0.3, 0.4) is 0 Å². The molecule has 1 aliphatic heterocycles. The van der Waals surface area contributed by atoms with Crippen LogP contribution in [0, 0.1) is 29.1 Å². The highest BCUT2D eigenvalue weighted by atomic mass is 32.2. The second-order valence-electron chi connectivity index (χ2n) is 10.8. The van der Waals surface area contributed by atoms with Crippen molar-refractivity contribution in [2.45, 2.75) is 70.3 Å². The van der Waals surface area contributed by atoms with E-state index in [-0.39, 0.29) is 16.7 Å². The molecule has 1 N–H and O–H groups in total. The van der Waals surface area contributed by atoms with E-state index in [1.807, 2.05) is 44.2 Å². The molecule has 1 fully saturated rings. The lowest BCUT2D eigenvalue weighted by atomic mass is 9.82. The molecule has 6 nitrogen and oxygen atoms in total. The van der Waals surface area contributed by atoms with E-state index < -0.39 is 16.1 Å². The number of sulfonamides is 1. The molecule has 0 spiro atoms. The maximum absolute atomic E-state index is 13.9. The Labute approximate surface area is 216 Å². The third-order valence-corrected chi connectivity index (χ3v) is 9.42. The van der Waals surface area contributed by atoms with Crippen LogP contribution in [0.1, 0.15) is 70.1 Å². The van der Waals surface area contributed by atoms with Gasteiger partial charge in [-0.25, -0.2) is 8.42 Å². The number of nitrogens with zero attached hydrogens (tertiary/aromatic N) is 3. The third-order valence-electron chi connectivity index (χ3n) is 7.63. The molecule has 2 aromatic carbocycles. The lowest BCUT2D eigenvalue weighted by molar-refractivity contribution is 0.162. The second-order valence-corrected chi connectivity index (χ2v) is 12.6. The summed E-state index contributed by atoms with van der Waals surface area (Å²) in [5, 5.41) is 20.0. The van der Waals surface area contributed by atoms with Gasteiger partial charge in [-0.05, 0) is 86.3 Å². The van der Waals surface area contributed by atoms with Crippen molar-refractivity contribution in [1.82, 2.24) is 0 Å².